The molecule has 0 aliphatic heterocycles. The van der Waals surface area contributed by atoms with Crippen LogP contribution in [-0.4, -0.2) is 46.0 Å². The number of nitrogens with one attached hydrogen (secondary N) is 3. The summed E-state index contributed by atoms with van der Waals surface area (Å²) in [6.45, 7) is 0. The second-order valence-corrected chi connectivity index (χ2v) is 12.4. The van der Waals surface area contributed by atoms with E-state index in [1.54, 1.807) is 60.7 Å². The summed E-state index contributed by atoms with van der Waals surface area (Å²) >= 11 is 1.25. The number of sulfonamides is 1. The van der Waals surface area contributed by atoms with Crippen molar-refractivity contribution in [2.45, 2.75) is 9.79 Å². The van der Waals surface area contributed by atoms with Gasteiger partial charge in [-0.2, -0.15) is 0 Å². The van der Waals surface area contributed by atoms with Gasteiger partial charge in [-0.15, -0.1) is 11.8 Å². The fourth-order valence-corrected chi connectivity index (χ4v) is 5.18. The number of hydrogen-bond acceptors (Lipinski definition) is 7. The fraction of sp³-hybridized carbons (Fsp3) is 0.0938. The lowest BCUT2D eigenvalue weighted by Gasteiger charge is -2.14. The minimum atomic E-state index is -3.82. The molecule has 0 aliphatic rings. The molecule has 5 N–H and O–H groups in total. The Labute approximate surface area is 260 Å². The number of thioether (sulfide) groups is 1. The van der Waals surface area contributed by atoms with E-state index in [4.69, 9.17) is 5.14 Å². The maximum Gasteiger partial charge on any atom is 0.272 e. The maximum absolute atomic E-state index is 13.4. The zero-order valence-corrected chi connectivity index (χ0v) is 25.6. The van der Waals surface area contributed by atoms with Crippen LogP contribution in [-0.2, 0) is 19.6 Å². The molecule has 0 aromatic heterocycles. The van der Waals surface area contributed by atoms with Gasteiger partial charge in [-0.3, -0.25) is 14.4 Å². The topological polar surface area (TPSA) is 151 Å². The molecule has 4 aromatic carbocycles. The zero-order chi connectivity index (χ0) is 31.7. The molecule has 0 unspecified atom stereocenters. The van der Waals surface area contributed by atoms with Gasteiger partial charge >= 0.3 is 0 Å². The highest BCUT2D eigenvalue weighted by Crippen LogP contribution is 2.23. The third-order valence-electron chi connectivity index (χ3n) is 6.18. The first kappa shape index (κ1) is 32.0. The first-order valence-electron chi connectivity index (χ1n) is 13.3. The predicted molar refractivity (Wildman–Crippen MR) is 175 cm³/mol. The van der Waals surface area contributed by atoms with Crippen molar-refractivity contribution < 1.29 is 22.8 Å². The summed E-state index contributed by atoms with van der Waals surface area (Å²) in [5, 5.41) is 13.4. The van der Waals surface area contributed by atoms with Crippen molar-refractivity contribution in [3.05, 3.63) is 120 Å². The Morgan fingerprint density at radius 2 is 1.50 bits per heavy atom. The molecule has 0 saturated carbocycles. The number of rotatable bonds is 11. The third-order valence-corrected chi connectivity index (χ3v) is 8.10. The van der Waals surface area contributed by atoms with Gasteiger partial charge in [0.15, 0.2) is 0 Å². The van der Waals surface area contributed by atoms with Crippen LogP contribution in [0.15, 0.2) is 119 Å². The number of carbonyl (C=O) groups is 3. The molecule has 44 heavy (non-hydrogen) atoms. The van der Waals surface area contributed by atoms with Gasteiger partial charge in [-0.1, -0.05) is 36.4 Å². The van der Waals surface area contributed by atoms with E-state index in [2.05, 4.69) is 16.0 Å². The summed E-state index contributed by atoms with van der Waals surface area (Å²) < 4.78 is 22.8. The van der Waals surface area contributed by atoms with Crippen molar-refractivity contribution in [1.82, 2.24) is 5.32 Å². The van der Waals surface area contributed by atoms with Crippen molar-refractivity contribution >= 4 is 62.6 Å². The van der Waals surface area contributed by atoms with E-state index in [1.165, 1.54) is 36.0 Å². The number of carbonyl (C=O) groups excluding carboxylic acids is 3. The number of primary sulfonamides is 1. The van der Waals surface area contributed by atoms with E-state index in [0.29, 0.717) is 16.9 Å². The monoisotopic (exact) mass is 629 g/mol. The summed E-state index contributed by atoms with van der Waals surface area (Å²) in [4.78, 5) is 41.4. The van der Waals surface area contributed by atoms with Crippen LogP contribution < -0.4 is 26.0 Å². The van der Waals surface area contributed by atoms with E-state index in [-0.39, 0.29) is 22.3 Å². The molecule has 0 aliphatic carbocycles. The minimum absolute atomic E-state index is 0.0522. The van der Waals surface area contributed by atoms with Crippen molar-refractivity contribution in [2.75, 3.05) is 35.4 Å². The first-order valence-corrected chi connectivity index (χ1v) is 15.8. The Balaban J connectivity index is 1.44. The van der Waals surface area contributed by atoms with Crippen LogP contribution in [0, 0.1) is 0 Å². The average molecular weight is 630 g/mol. The lowest BCUT2D eigenvalue weighted by molar-refractivity contribution is -0.114. The summed E-state index contributed by atoms with van der Waals surface area (Å²) in [7, 11) is 0.0368. The molecule has 4 rings (SSSR count). The Hall–Kier alpha value is -4.91. The lowest BCUT2D eigenvalue weighted by Crippen LogP contribution is -2.30. The van der Waals surface area contributed by atoms with Gasteiger partial charge in [0.1, 0.15) is 5.70 Å². The SMILES string of the molecule is CN(C)c1ccc(/C=C(/NC(=O)c2ccccc2)C(=O)Nc2cccc(SCC(=O)Nc3ccc(S(N)(=O)=O)cc3)c2)cc1. The van der Waals surface area contributed by atoms with E-state index < -0.39 is 21.8 Å². The van der Waals surface area contributed by atoms with Crippen LogP contribution >= 0.6 is 11.8 Å². The number of hydrogen-bond donors (Lipinski definition) is 4. The number of benzene rings is 4. The van der Waals surface area contributed by atoms with Gasteiger partial charge in [0.05, 0.1) is 10.6 Å². The highest BCUT2D eigenvalue weighted by Gasteiger charge is 2.16. The molecular weight excluding hydrogens is 599 g/mol. The molecule has 0 saturated heterocycles. The molecule has 0 fully saturated rings. The highest BCUT2D eigenvalue weighted by atomic mass is 32.2. The van der Waals surface area contributed by atoms with Crippen molar-refractivity contribution in [3.63, 3.8) is 0 Å². The van der Waals surface area contributed by atoms with Gasteiger partial charge in [0.2, 0.25) is 15.9 Å². The van der Waals surface area contributed by atoms with Crippen LogP contribution in [0.2, 0.25) is 0 Å². The minimum Gasteiger partial charge on any atom is -0.378 e. The van der Waals surface area contributed by atoms with Crippen LogP contribution in [0.25, 0.3) is 6.08 Å². The molecule has 0 spiro atoms. The van der Waals surface area contributed by atoms with E-state index in [9.17, 15) is 22.8 Å². The van der Waals surface area contributed by atoms with Gasteiger partial charge in [-0.25, -0.2) is 13.6 Å². The molecule has 0 radical (unpaired) electrons. The predicted octanol–water partition coefficient (Wildman–Crippen LogP) is 4.54. The van der Waals surface area contributed by atoms with Crippen molar-refractivity contribution in [2.24, 2.45) is 5.14 Å². The number of nitrogens with zero attached hydrogens (tertiary/aromatic N) is 1. The van der Waals surface area contributed by atoms with Crippen LogP contribution in [0.3, 0.4) is 0 Å². The molecule has 0 heterocycles. The van der Waals surface area contributed by atoms with Crippen molar-refractivity contribution in [3.8, 4) is 0 Å². The van der Waals surface area contributed by atoms with E-state index in [0.717, 1.165) is 16.1 Å². The highest BCUT2D eigenvalue weighted by molar-refractivity contribution is 8.00. The Bertz CT molecular complexity index is 1770. The standard InChI is InChI=1S/C32H31N5O5S2/c1-37(2)26-15-11-22(12-16-26)19-29(36-31(39)23-7-4-3-5-8-23)32(40)35-25-9-6-10-27(20-25)43-21-30(38)34-24-13-17-28(18-14-24)44(33,41)42/h3-20H,21H2,1-2H3,(H,34,38)(H,35,40)(H,36,39)(H2,33,41,42)/b29-19+. The summed E-state index contributed by atoms with van der Waals surface area (Å²) in [5.74, 6) is -1.18. The second kappa shape index (κ2) is 14.5. The molecule has 12 heteroatoms. The Morgan fingerprint density at radius 3 is 2.14 bits per heavy atom. The third kappa shape index (κ3) is 9.30. The first-order chi connectivity index (χ1) is 21.0. The smallest absolute Gasteiger partial charge is 0.272 e. The summed E-state index contributed by atoms with van der Waals surface area (Å²) in [5.41, 5.74) is 3.08. The average Bonchev–Trinajstić information content (AvgIpc) is 3.00. The summed E-state index contributed by atoms with van der Waals surface area (Å²) in [6, 6.07) is 28.7. The number of nitrogens with two attached hydrogens (primary N) is 1. The normalized spacial score (nSPS) is 11.4. The molecular formula is C32H31N5O5S2. The van der Waals surface area contributed by atoms with E-state index >= 15 is 0 Å². The molecule has 10 nitrogen and oxygen atoms in total. The van der Waals surface area contributed by atoms with Gasteiger partial charge in [-0.05, 0) is 78.4 Å². The molecule has 3 amide bonds. The Kier molecular flexibility index (Phi) is 10.6. The van der Waals surface area contributed by atoms with Crippen LogP contribution in [0.4, 0.5) is 17.1 Å². The molecule has 0 atom stereocenters. The van der Waals surface area contributed by atoms with Gasteiger partial charge in [0, 0.05) is 41.6 Å². The zero-order valence-electron chi connectivity index (χ0n) is 24.0. The van der Waals surface area contributed by atoms with Crippen LogP contribution in [0.5, 0.6) is 0 Å². The second-order valence-electron chi connectivity index (χ2n) is 9.75. The van der Waals surface area contributed by atoms with Gasteiger partial charge in [0.25, 0.3) is 11.8 Å². The number of amides is 3. The van der Waals surface area contributed by atoms with E-state index in [1.807, 2.05) is 43.3 Å². The van der Waals surface area contributed by atoms with Crippen molar-refractivity contribution in [1.29, 1.82) is 0 Å². The molecule has 226 valence electrons. The Morgan fingerprint density at radius 1 is 0.818 bits per heavy atom. The van der Waals surface area contributed by atoms with Gasteiger partial charge < -0.3 is 20.9 Å². The molecule has 0 bridgehead atoms. The lowest BCUT2D eigenvalue weighted by atomic mass is 10.1. The van der Waals surface area contributed by atoms with Crippen LogP contribution in [0.1, 0.15) is 15.9 Å². The fourth-order valence-electron chi connectivity index (χ4n) is 3.91. The largest absolute Gasteiger partial charge is 0.378 e. The molecule has 4 aromatic rings. The quantitative estimate of drug-likeness (QED) is 0.141. The summed E-state index contributed by atoms with van der Waals surface area (Å²) in [6.07, 6.45) is 1.61. The maximum atomic E-state index is 13.4. The number of anilines is 3.